The molecular weight excluding hydrogens is 278 g/mol. The molecule has 2 fully saturated rings. The molecule has 1 aliphatic carbocycles. The normalized spacial score (nSPS) is 29.3. The van der Waals surface area contributed by atoms with Gasteiger partial charge in [0.1, 0.15) is 0 Å². The highest BCUT2D eigenvalue weighted by molar-refractivity contribution is 9.09. The quantitative estimate of drug-likeness (QED) is 0.720. The first-order chi connectivity index (χ1) is 8.10. The fraction of sp³-hybridized carbons (Fsp3) is 1.00. The highest BCUT2D eigenvalue weighted by Gasteiger charge is 2.42. The van der Waals surface area contributed by atoms with Gasteiger partial charge in [0.15, 0.2) is 0 Å². The summed E-state index contributed by atoms with van der Waals surface area (Å²) in [6, 6.07) is 0. The van der Waals surface area contributed by atoms with Gasteiger partial charge < -0.3 is 9.64 Å². The fourth-order valence-corrected chi connectivity index (χ4v) is 3.45. The number of rotatable bonds is 5. The number of nitrogens with zero attached hydrogens (tertiary/aromatic N) is 1. The Bertz CT molecular complexity index is 238. The minimum Gasteiger partial charge on any atom is -0.370 e. The second-order valence-electron chi connectivity index (χ2n) is 6.00. The smallest absolute Gasteiger partial charge is 0.0710 e. The Morgan fingerprint density at radius 1 is 1.35 bits per heavy atom. The van der Waals surface area contributed by atoms with Crippen LogP contribution in [0.3, 0.4) is 0 Å². The Labute approximate surface area is 114 Å². The van der Waals surface area contributed by atoms with E-state index in [-0.39, 0.29) is 0 Å². The van der Waals surface area contributed by atoms with Crippen LogP contribution in [0.5, 0.6) is 0 Å². The molecule has 0 aromatic rings. The summed E-state index contributed by atoms with van der Waals surface area (Å²) in [4.78, 5) is 3.05. The molecule has 0 N–H and O–H groups in total. The molecule has 1 spiro atoms. The van der Waals surface area contributed by atoms with Crippen molar-refractivity contribution in [2.24, 2.45) is 0 Å². The van der Waals surface area contributed by atoms with Crippen LogP contribution in [0.4, 0.5) is 0 Å². The molecule has 100 valence electrons. The second-order valence-corrected chi connectivity index (χ2v) is 7.56. The van der Waals surface area contributed by atoms with Crippen LogP contribution in [0, 0.1) is 0 Å². The van der Waals surface area contributed by atoms with Gasteiger partial charge >= 0.3 is 0 Å². The van der Waals surface area contributed by atoms with Gasteiger partial charge in [-0.25, -0.2) is 0 Å². The molecule has 2 nitrogen and oxygen atoms in total. The van der Waals surface area contributed by atoms with Crippen molar-refractivity contribution in [1.29, 1.82) is 0 Å². The standard InChI is InChI=1S/C14H26BrNO/c1-12(15)6-10-16(2)11-13-5-9-14(17-13)7-3-4-8-14/h12-13H,3-11H2,1-2H3. The van der Waals surface area contributed by atoms with Crippen molar-refractivity contribution in [2.45, 2.75) is 68.4 Å². The maximum Gasteiger partial charge on any atom is 0.0710 e. The van der Waals surface area contributed by atoms with Crippen molar-refractivity contribution in [1.82, 2.24) is 4.90 Å². The van der Waals surface area contributed by atoms with Gasteiger partial charge in [0.05, 0.1) is 11.7 Å². The third kappa shape index (κ3) is 3.93. The molecule has 0 bridgehead atoms. The van der Waals surface area contributed by atoms with E-state index in [9.17, 15) is 0 Å². The Balaban J connectivity index is 1.70. The molecule has 1 saturated carbocycles. The molecule has 1 saturated heterocycles. The molecule has 2 atom stereocenters. The average Bonchev–Trinajstić information content (AvgIpc) is 2.87. The van der Waals surface area contributed by atoms with Crippen LogP contribution < -0.4 is 0 Å². The number of ether oxygens (including phenoxy) is 1. The minimum atomic E-state index is 0.300. The maximum absolute atomic E-state index is 6.33. The van der Waals surface area contributed by atoms with Crippen molar-refractivity contribution in [3.63, 3.8) is 0 Å². The lowest BCUT2D eigenvalue weighted by atomic mass is 9.98. The van der Waals surface area contributed by atoms with Crippen LogP contribution in [0.15, 0.2) is 0 Å². The summed E-state index contributed by atoms with van der Waals surface area (Å²) in [6.45, 7) is 4.49. The molecule has 17 heavy (non-hydrogen) atoms. The molecule has 3 heteroatoms. The van der Waals surface area contributed by atoms with Gasteiger partial charge in [-0.3, -0.25) is 0 Å². The van der Waals surface area contributed by atoms with Gasteiger partial charge in [-0.2, -0.15) is 0 Å². The molecule has 2 unspecified atom stereocenters. The summed E-state index contributed by atoms with van der Waals surface area (Å²) in [5.41, 5.74) is 0.300. The van der Waals surface area contributed by atoms with Crippen molar-refractivity contribution >= 4 is 15.9 Å². The number of hydrogen-bond acceptors (Lipinski definition) is 2. The first-order valence-electron chi connectivity index (χ1n) is 7.10. The zero-order valence-electron chi connectivity index (χ0n) is 11.3. The Kier molecular flexibility index (Phi) is 4.90. The van der Waals surface area contributed by atoms with Gasteiger partial charge in [-0.05, 0) is 45.7 Å². The van der Waals surface area contributed by atoms with Crippen LogP contribution in [0.1, 0.15) is 51.9 Å². The fourth-order valence-electron chi connectivity index (χ4n) is 3.25. The van der Waals surface area contributed by atoms with Gasteiger partial charge in [0.25, 0.3) is 0 Å². The van der Waals surface area contributed by atoms with Crippen LogP contribution >= 0.6 is 15.9 Å². The highest BCUT2D eigenvalue weighted by Crippen LogP contribution is 2.43. The summed E-state index contributed by atoms with van der Waals surface area (Å²) in [7, 11) is 2.22. The van der Waals surface area contributed by atoms with Crippen molar-refractivity contribution in [3.05, 3.63) is 0 Å². The monoisotopic (exact) mass is 303 g/mol. The van der Waals surface area contributed by atoms with Gasteiger partial charge in [0, 0.05) is 11.4 Å². The van der Waals surface area contributed by atoms with Gasteiger partial charge in [-0.15, -0.1) is 0 Å². The molecule has 1 aliphatic heterocycles. The van der Waals surface area contributed by atoms with Crippen LogP contribution in [-0.2, 0) is 4.74 Å². The molecule has 0 aromatic heterocycles. The largest absolute Gasteiger partial charge is 0.370 e. The van der Waals surface area contributed by atoms with Crippen LogP contribution in [-0.4, -0.2) is 41.6 Å². The zero-order valence-corrected chi connectivity index (χ0v) is 12.8. The Hall–Kier alpha value is 0.400. The van der Waals surface area contributed by atoms with E-state index in [1.165, 1.54) is 51.5 Å². The lowest BCUT2D eigenvalue weighted by Gasteiger charge is -2.26. The highest BCUT2D eigenvalue weighted by atomic mass is 79.9. The average molecular weight is 304 g/mol. The van der Waals surface area contributed by atoms with Gasteiger partial charge in [0.2, 0.25) is 0 Å². The molecule has 2 aliphatic rings. The van der Waals surface area contributed by atoms with E-state index in [0.29, 0.717) is 16.5 Å². The molecular formula is C14H26BrNO. The predicted molar refractivity (Wildman–Crippen MR) is 75.8 cm³/mol. The van der Waals surface area contributed by atoms with Crippen molar-refractivity contribution in [3.8, 4) is 0 Å². The van der Waals surface area contributed by atoms with E-state index < -0.39 is 0 Å². The first kappa shape index (κ1) is 13.8. The topological polar surface area (TPSA) is 12.5 Å². The number of alkyl halides is 1. The van der Waals surface area contributed by atoms with Crippen LogP contribution in [0.25, 0.3) is 0 Å². The van der Waals surface area contributed by atoms with Gasteiger partial charge in [-0.1, -0.05) is 35.7 Å². The molecule has 0 amide bonds. The Morgan fingerprint density at radius 2 is 2.06 bits per heavy atom. The summed E-state index contributed by atoms with van der Waals surface area (Å²) in [5.74, 6) is 0. The second kappa shape index (κ2) is 6.03. The van der Waals surface area contributed by atoms with Crippen molar-refractivity contribution < 1.29 is 4.74 Å². The molecule has 0 radical (unpaired) electrons. The van der Waals surface area contributed by atoms with Crippen LogP contribution in [0.2, 0.25) is 0 Å². The van der Waals surface area contributed by atoms with E-state index >= 15 is 0 Å². The SMILES string of the molecule is CC(Br)CCN(C)CC1CCC2(CCCC2)O1. The van der Waals surface area contributed by atoms with E-state index in [4.69, 9.17) is 4.74 Å². The molecule has 1 heterocycles. The van der Waals surface area contributed by atoms with E-state index in [1.807, 2.05) is 0 Å². The Morgan fingerprint density at radius 3 is 2.71 bits per heavy atom. The maximum atomic E-state index is 6.33. The number of hydrogen-bond donors (Lipinski definition) is 0. The summed E-state index contributed by atoms with van der Waals surface area (Å²) < 4.78 is 6.33. The zero-order chi connectivity index (χ0) is 12.3. The molecule has 2 rings (SSSR count). The summed E-state index contributed by atoms with van der Waals surface area (Å²) in [5, 5.41) is 0. The van der Waals surface area contributed by atoms with E-state index in [2.05, 4.69) is 34.8 Å². The first-order valence-corrected chi connectivity index (χ1v) is 8.02. The third-order valence-corrected chi connectivity index (χ3v) is 4.74. The third-order valence-electron chi connectivity index (χ3n) is 4.28. The number of halogens is 1. The predicted octanol–water partition coefficient (Wildman–Crippen LogP) is 3.58. The molecule has 0 aromatic carbocycles. The van der Waals surface area contributed by atoms with Crippen molar-refractivity contribution in [2.75, 3.05) is 20.1 Å². The number of likely N-dealkylation sites (N-methyl/N-ethyl adjacent to an activating group) is 1. The lowest BCUT2D eigenvalue weighted by Crippen LogP contribution is -2.33. The van der Waals surface area contributed by atoms with E-state index in [1.54, 1.807) is 0 Å². The van der Waals surface area contributed by atoms with E-state index in [0.717, 1.165) is 6.54 Å². The lowest BCUT2D eigenvalue weighted by molar-refractivity contribution is -0.0451. The minimum absolute atomic E-state index is 0.300. The summed E-state index contributed by atoms with van der Waals surface area (Å²) in [6.07, 6.45) is 9.66. The summed E-state index contributed by atoms with van der Waals surface area (Å²) >= 11 is 3.61.